The summed E-state index contributed by atoms with van der Waals surface area (Å²) in [5.41, 5.74) is 4.62. The molecule has 0 spiro atoms. The molecule has 1 aliphatic rings. The summed E-state index contributed by atoms with van der Waals surface area (Å²) >= 11 is 0. The molecule has 0 radical (unpaired) electrons. The van der Waals surface area contributed by atoms with E-state index in [9.17, 15) is 15.0 Å². The summed E-state index contributed by atoms with van der Waals surface area (Å²) in [5, 5.41) is 27.7. The molecule has 0 amide bonds. The molecule has 1 saturated heterocycles. The SMILES string of the molecule is Nc1ccn([C@@H]2O[C@H](COO)[C@@H](O)[C@H]2O)c(=O)n1. The van der Waals surface area contributed by atoms with Crippen molar-refractivity contribution in [2.75, 3.05) is 12.3 Å². The molecule has 0 saturated carbocycles. The molecule has 9 nitrogen and oxygen atoms in total. The summed E-state index contributed by atoms with van der Waals surface area (Å²) in [6, 6.07) is 1.36. The number of hydrogen-bond donors (Lipinski definition) is 4. The van der Waals surface area contributed by atoms with E-state index in [1.807, 2.05) is 0 Å². The van der Waals surface area contributed by atoms with Gasteiger partial charge in [-0.3, -0.25) is 9.82 Å². The maximum absolute atomic E-state index is 11.6. The number of aliphatic hydroxyl groups excluding tert-OH is 2. The smallest absolute Gasteiger partial charge is 0.351 e. The van der Waals surface area contributed by atoms with E-state index in [4.69, 9.17) is 15.7 Å². The lowest BCUT2D eigenvalue weighted by Gasteiger charge is -2.16. The molecule has 0 aliphatic carbocycles. The van der Waals surface area contributed by atoms with Gasteiger partial charge in [0.25, 0.3) is 0 Å². The van der Waals surface area contributed by atoms with Crippen LogP contribution in [0.2, 0.25) is 0 Å². The van der Waals surface area contributed by atoms with Crippen molar-refractivity contribution in [2.45, 2.75) is 24.5 Å². The highest BCUT2D eigenvalue weighted by Gasteiger charge is 2.44. The lowest BCUT2D eigenvalue weighted by Crippen LogP contribution is -2.36. The Labute approximate surface area is 101 Å². The van der Waals surface area contributed by atoms with E-state index in [-0.39, 0.29) is 12.4 Å². The zero-order valence-corrected chi connectivity index (χ0v) is 9.21. The summed E-state index contributed by atoms with van der Waals surface area (Å²) in [4.78, 5) is 18.9. The second kappa shape index (κ2) is 5.00. The minimum Gasteiger partial charge on any atom is -0.387 e. The van der Waals surface area contributed by atoms with Gasteiger partial charge in [0.2, 0.25) is 0 Å². The van der Waals surface area contributed by atoms with E-state index in [0.29, 0.717) is 0 Å². The van der Waals surface area contributed by atoms with E-state index in [0.717, 1.165) is 4.57 Å². The lowest BCUT2D eigenvalue weighted by atomic mass is 10.1. The molecule has 0 unspecified atom stereocenters. The van der Waals surface area contributed by atoms with Gasteiger partial charge in [-0.1, -0.05) is 0 Å². The van der Waals surface area contributed by atoms with Crippen LogP contribution in [-0.2, 0) is 9.62 Å². The molecule has 5 N–H and O–H groups in total. The first-order valence-corrected chi connectivity index (χ1v) is 5.17. The minimum atomic E-state index is -1.34. The number of nitrogen functional groups attached to an aromatic ring is 1. The predicted molar refractivity (Wildman–Crippen MR) is 57.4 cm³/mol. The van der Waals surface area contributed by atoms with Crippen LogP contribution >= 0.6 is 0 Å². The fourth-order valence-corrected chi connectivity index (χ4v) is 1.79. The number of nitrogens with two attached hydrogens (primary N) is 1. The lowest BCUT2D eigenvalue weighted by molar-refractivity contribution is -0.264. The summed E-state index contributed by atoms with van der Waals surface area (Å²) in [5.74, 6) is 0.0412. The maximum Gasteiger partial charge on any atom is 0.351 e. The van der Waals surface area contributed by atoms with Crippen LogP contribution in [0.5, 0.6) is 0 Å². The van der Waals surface area contributed by atoms with Crippen LogP contribution in [-0.4, -0.2) is 49.9 Å². The summed E-state index contributed by atoms with van der Waals surface area (Å²) in [6.07, 6.45) is -3.38. The van der Waals surface area contributed by atoms with Gasteiger partial charge in [0, 0.05) is 6.20 Å². The van der Waals surface area contributed by atoms with E-state index in [2.05, 4.69) is 9.87 Å². The van der Waals surface area contributed by atoms with Gasteiger partial charge in [0.1, 0.15) is 30.7 Å². The van der Waals surface area contributed by atoms with Crippen molar-refractivity contribution in [1.82, 2.24) is 9.55 Å². The number of aromatic nitrogens is 2. The maximum atomic E-state index is 11.6. The van der Waals surface area contributed by atoms with Crippen LogP contribution in [0.1, 0.15) is 6.23 Å². The molecule has 100 valence electrons. The van der Waals surface area contributed by atoms with Crippen molar-refractivity contribution < 1.29 is 25.1 Å². The third-order valence-corrected chi connectivity index (χ3v) is 2.70. The average molecular weight is 259 g/mol. The fraction of sp³-hybridized carbons (Fsp3) is 0.556. The van der Waals surface area contributed by atoms with E-state index in [1.54, 1.807) is 0 Å². The normalized spacial score (nSPS) is 31.7. The summed E-state index contributed by atoms with van der Waals surface area (Å²) < 4.78 is 6.23. The van der Waals surface area contributed by atoms with Gasteiger partial charge in [0.15, 0.2) is 6.23 Å². The zero-order chi connectivity index (χ0) is 13.3. The molecule has 1 aromatic heterocycles. The Balaban J connectivity index is 2.26. The average Bonchev–Trinajstić information content (AvgIpc) is 2.58. The molecular weight excluding hydrogens is 246 g/mol. The molecule has 2 heterocycles. The van der Waals surface area contributed by atoms with Crippen LogP contribution in [0.15, 0.2) is 17.1 Å². The third-order valence-electron chi connectivity index (χ3n) is 2.70. The number of aliphatic hydroxyl groups is 2. The van der Waals surface area contributed by atoms with Gasteiger partial charge in [-0.15, -0.1) is 0 Å². The molecule has 4 atom stereocenters. The van der Waals surface area contributed by atoms with Crippen LogP contribution in [0.3, 0.4) is 0 Å². The Morgan fingerprint density at radius 3 is 2.83 bits per heavy atom. The molecule has 18 heavy (non-hydrogen) atoms. The van der Waals surface area contributed by atoms with Crippen molar-refractivity contribution in [2.24, 2.45) is 0 Å². The van der Waals surface area contributed by atoms with Gasteiger partial charge in [-0.2, -0.15) is 4.98 Å². The first-order chi connectivity index (χ1) is 8.54. The van der Waals surface area contributed by atoms with Crippen molar-refractivity contribution in [1.29, 1.82) is 0 Å². The van der Waals surface area contributed by atoms with Gasteiger partial charge in [-0.05, 0) is 6.07 Å². The Bertz CT molecular complexity index is 478. The molecule has 2 rings (SSSR count). The highest BCUT2D eigenvalue weighted by Crippen LogP contribution is 2.28. The van der Waals surface area contributed by atoms with E-state index in [1.165, 1.54) is 12.3 Å². The zero-order valence-electron chi connectivity index (χ0n) is 9.21. The molecule has 1 fully saturated rings. The van der Waals surface area contributed by atoms with Gasteiger partial charge < -0.3 is 20.7 Å². The Kier molecular flexibility index (Phi) is 3.59. The van der Waals surface area contributed by atoms with Crippen LogP contribution < -0.4 is 11.4 Å². The van der Waals surface area contributed by atoms with Gasteiger partial charge in [-0.25, -0.2) is 9.68 Å². The monoisotopic (exact) mass is 259 g/mol. The van der Waals surface area contributed by atoms with Gasteiger partial charge >= 0.3 is 5.69 Å². The van der Waals surface area contributed by atoms with E-state index < -0.39 is 30.2 Å². The number of hydrogen-bond acceptors (Lipinski definition) is 8. The largest absolute Gasteiger partial charge is 0.387 e. The summed E-state index contributed by atoms with van der Waals surface area (Å²) in [6.45, 7) is -0.328. The Morgan fingerprint density at radius 1 is 1.50 bits per heavy atom. The third kappa shape index (κ3) is 2.21. The van der Waals surface area contributed by atoms with Crippen LogP contribution in [0.25, 0.3) is 0 Å². The number of anilines is 1. The number of rotatable bonds is 3. The Hall–Kier alpha value is -1.52. The summed E-state index contributed by atoms with van der Waals surface area (Å²) in [7, 11) is 0. The van der Waals surface area contributed by atoms with Crippen molar-refractivity contribution >= 4 is 5.82 Å². The van der Waals surface area contributed by atoms with Crippen molar-refractivity contribution in [3.8, 4) is 0 Å². The standard InChI is InChI=1S/C9H13N3O6/c10-5-1-2-12(9(15)11-5)8-7(14)6(13)4(18-8)3-17-16/h1-2,4,6-8,13-14,16H,3H2,(H2,10,11,15)/t4-,6-,7-,8-/m1/s1. The van der Waals surface area contributed by atoms with E-state index >= 15 is 0 Å². The van der Waals surface area contributed by atoms with Crippen LogP contribution in [0.4, 0.5) is 5.82 Å². The molecular formula is C9H13N3O6. The highest BCUT2D eigenvalue weighted by molar-refractivity contribution is 5.23. The van der Waals surface area contributed by atoms with Crippen LogP contribution in [0, 0.1) is 0 Å². The second-order valence-electron chi connectivity index (χ2n) is 3.88. The minimum absolute atomic E-state index is 0.0412. The molecule has 0 bridgehead atoms. The number of ether oxygens (including phenoxy) is 1. The quantitative estimate of drug-likeness (QED) is 0.358. The first kappa shape index (κ1) is 12.9. The Morgan fingerprint density at radius 2 is 2.22 bits per heavy atom. The number of nitrogens with zero attached hydrogens (tertiary/aromatic N) is 2. The highest BCUT2D eigenvalue weighted by atomic mass is 17.1. The fourth-order valence-electron chi connectivity index (χ4n) is 1.79. The predicted octanol–water partition coefficient (Wildman–Crippen LogP) is -2.07. The van der Waals surface area contributed by atoms with Crippen molar-refractivity contribution in [3.05, 3.63) is 22.7 Å². The molecule has 0 aromatic carbocycles. The molecule has 9 heteroatoms. The molecule has 1 aromatic rings. The first-order valence-electron chi connectivity index (χ1n) is 5.17. The van der Waals surface area contributed by atoms with Gasteiger partial charge in [0.05, 0.1) is 0 Å². The topological polar surface area (TPSA) is 140 Å². The molecule has 1 aliphatic heterocycles. The van der Waals surface area contributed by atoms with Crippen molar-refractivity contribution in [3.63, 3.8) is 0 Å². The second-order valence-corrected chi connectivity index (χ2v) is 3.88.